The lowest BCUT2D eigenvalue weighted by Gasteiger charge is -2.23. The molecule has 2 N–H and O–H groups in total. The minimum Gasteiger partial charge on any atom is -0.399 e. The summed E-state index contributed by atoms with van der Waals surface area (Å²) in [6, 6.07) is 13.6. The summed E-state index contributed by atoms with van der Waals surface area (Å²) in [5, 5.41) is 0. The Bertz CT molecular complexity index is 699. The molecule has 0 heterocycles. The maximum absolute atomic E-state index is 12.7. The highest BCUT2D eigenvalue weighted by molar-refractivity contribution is 9.10. The second kappa shape index (κ2) is 5.85. The predicted octanol–water partition coefficient (Wildman–Crippen LogP) is 3.25. The Morgan fingerprint density at radius 3 is 2.25 bits per heavy atom. The van der Waals surface area contributed by atoms with Crippen molar-refractivity contribution in [2.75, 3.05) is 16.6 Å². The molecule has 0 saturated heterocycles. The molecule has 2 aromatic rings. The lowest BCUT2D eigenvalue weighted by atomic mass is 10.3. The SMILES string of the molecule is CCN(c1ccc(N)cc1)S(=O)(=O)c1ccccc1Br. The minimum absolute atomic E-state index is 0.249. The fourth-order valence-electron chi connectivity index (χ4n) is 1.90. The van der Waals surface area contributed by atoms with Gasteiger partial charge in [-0.15, -0.1) is 0 Å². The van der Waals surface area contributed by atoms with E-state index in [0.29, 0.717) is 22.4 Å². The van der Waals surface area contributed by atoms with Crippen LogP contribution in [0.5, 0.6) is 0 Å². The second-order valence-corrected chi connectivity index (χ2v) is 6.88. The Morgan fingerprint density at radius 1 is 1.10 bits per heavy atom. The van der Waals surface area contributed by atoms with Gasteiger partial charge in [-0.1, -0.05) is 12.1 Å². The molecule has 0 radical (unpaired) electrons. The van der Waals surface area contributed by atoms with Crippen LogP contribution in [0.3, 0.4) is 0 Å². The number of hydrogen-bond acceptors (Lipinski definition) is 3. The van der Waals surface area contributed by atoms with Crippen LogP contribution in [0.2, 0.25) is 0 Å². The maximum Gasteiger partial charge on any atom is 0.265 e. The molecule has 0 bridgehead atoms. The number of anilines is 2. The van der Waals surface area contributed by atoms with Gasteiger partial charge in [0.05, 0.1) is 5.69 Å². The van der Waals surface area contributed by atoms with Crippen molar-refractivity contribution < 1.29 is 8.42 Å². The van der Waals surface area contributed by atoms with Crippen LogP contribution in [0.25, 0.3) is 0 Å². The van der Waals surface area contributed by atoms with E-state index in [1.807, 2.05) is 0 Å². The standard InChI is InChI=1S/C14H15BrN2O2S/c1-2-17(12-9-7-11(16)8-10-12)20(18,19)14-6-4-3-5-13(14)15/h3-10H,2,16H2,1H3. The molecular formula is C14H15BrN2O2S. The Hall–Kier alpha value is -1.53. The van der Waals surface area contributed by atoms with Gasteiger partial charge < -0.3 is 5.73 Å². The summed E-state index contributed by atoms with van der Waals surface area (Å²) >= 11 is 3.29. The number of benzene rings is 2. The summed E-state index contributed by atoms with van der Waals surface area (Å²) in [4.78, 5) is 0.249. The van der Waals surface area contributed by atoms with Gasteiger partial charge in [0.1, 0.15) is 4.90 Å². The van der Waals surface area contributed by atoms with E-state index in [2.05, 4.69) is 15.9 Å². The smallest absolute Gasteiger partial charge is 0.265 e. The molecule has 6 heteroatoms. The maximum atomic E-state index is 12.7. The molecule has 106 valence electrons. The van der Waals surface area contributed by atoms with Crippen molar-refractivity contribution in [1.29, 1.82) is 0 Å². The highest BCUT2D eigenvalue weighted by Gasteiger charge is 2.25. The Balaban J connectivity index is 2.51. The van der Waals surface area contributed by atoms with Gasteiger partial charge in [-0.25, -0.2) is 8.42 Å². The summed E-state index contributed by atoms with van der Waals surface area (Å²) in [6.45, 7) is 2.14. The van der Waals surface area contributed by atoms with Crippen LogP contribution in [0.15, 0.2) is 57.9 Å². The van der Waals surface area contributed by atoms with Crippen LogP contribution < -0.4 is 10.0 Å². The second-order valence-electron chi connectivity index (χ2n) is 4.19. The van der Waals surface area contributed by atoms with Crippen LogP contribution in [0, 0.1) is 0 Å². The molecule has 0 aliphatic carbocycles. The van der Waals surface area contributed by atoms with Crippen molar-refractivity contribution in [3.05, 3.63) is 53.0 Å². The first-order valence-corrected chi connectivity index (χ1v) is 8.33. The summed E-state index contributed by atoms with van der Waals surface area (Å²) < 4.78 is 27.4. The highest BCUT2D eigenvalue weighted by Crippen LogP contribution is 2.28. The fourth-order valence-corrected chi connectivity index (χ4v) is 4.34. The summed E-state index contributed by atoms with van der Waals surface area (Å²) in [6.07, 6.45) is 0. The third kappa shape index (κ3) is 2.81. The van der Waals surface area contributed by atoms with Gasteiger partial charge in [-0.2, -0.15) is 0 Å². The summed E-state index contributed by atoms with van der Waals surface area (Å²) in [5.41, 5.74) is 6.83. The average molecular weight is 355 g/mol. The molecule has 0 spiro atoms. The molecule has 0 unspecified atom stereocenters. The van der Waals surface area contributed by atoms with Gasteiger partial charge in [0.2, 0.25) is 0 Å². The molecule has 20 heavy (non-hydrogen) atoms. The number of halogens is 1. The van der Waals surface area contributed by atoms with Gasteiger partial charge >= 0.3 is 0 Å². The van der Waals surface area contributed by atoms with E-state index in [0.717, 1.165) is 0 Å². The number of nitrogens with zero attached hydrogens (tertiary/aromatic N) is 1. The third-order valence-corrected chi connectivity index (χ3v) is 5.79. The van der Waals surface area contributed by atoms with Crippen molar-refractivity contribution in [2.24, 2.45) is 0 Å². The average Bonchev–Trinajstić information content (AvgIpc) is 2.42. The van der Waals surface area contributed by atoms with E-state index in [9.17, 15) is 8.42 Å². The van der Waals surface area contributed by atoms with E-state index in [1.165, 1.54) is 4.31 Å². The zero-order valence-electron chi connectivity index (χ0n) is 11.0. The lowest BCUT2D eigenvalue weighted by Crippen LogP contribution is -2.31. The number of rotatable bonds is 4. The van der Waals surface area contributed by atoms with E-state index in [4.69, 9.17) is 5.73 Å². The zero-order chi connectivity index (χ0) is 14.8. The molecule has 2 aromatic carbocycles. The first-order chi connectivity index (χ1) is 9.46. The molecule has 2 rings (SSSR count). The summed E-state index contributed by atoms with van der Waals surface area (Å²) in [7, 11) is -3.60. The van der Waals surface area contributed by atoms with Crippen molar-refractivity contribution in [3.8, 4) is 0 Å². The van der Waals surface area contributed by atoms with Gasteiger partial charge in [-0.3, -0.25) is 4.31 Å². The number of sulfonamides is 1. The van der Waals surface area contributed by atoms with E-state index in [1.54, 1.807) is 55.5 Å². The number of hydrogen-bond donors (Lipinski definition) is 1. The normalized spacial score (nSPS) is 11.3. The van der Waals surface area contributed by atoms with Gasteiger partial charge in [0.25, 0.3) is 10.0 Å². The van der Waals surface area contributed by atoms with Crippen molar-refractivity contribution >= 4 is 37.3 Å². The third-order valence-electron chi connectivity index (χ3n) is 2.87. The van der Waals surface area contributed by atoms with Gasteiger partial charge in [-0.05, 0) is 59.3 Å². The molecule has 0 saturated carbocycles. The van der Waals surface area contributed by atoms with E-state index in [-0.39, 0.29) is 4.90 Å². The van der Waals surface area contributed by atoms with Crippen LogP contribution in [0.4, 0.5) is 11.4 Å². The van der Waals surface area contributed by atoms with Crippen LogP contribution in [-0.4, -0.2) is 15.0 Å². The van der Waals surface area contributed by atoms with Crippen molar-refractivity contribution in [3.63, 3.8) is 0 Å². The largest absolute Gasteiger partial charge is 0.399 e. The number of nitrogen functional groups attached to an aromatic ring is 1. The van der Waals surface area contributed by atoms with E-state index >= 15 is 0 Å². The number of nitrogens with two attached hydrogens (primary N) is 1. The van der Waals surface area contributed by atoms with Crippen LogP contribution >= 0.6 is 15.9 Å². The Morgan fingerprint density at radius 2 is 1.70 bits per heavy atom. The summed E-state index contributed by atoms with van der Waals surface area (Å²) in [5.74, 6) is 0. The van der Waals surface area contributed by atoms with E-state index < -0.39 is 10.0 Å². The Kier molecular flexibility index (Phi) is 4.35. The first kappa shape index (κ1) is 14.9. The topological polar surface area (TPSA) is 63.4 Å². The monoisotopic (exact) mass is 354 g/mol. The molecule has 0 aliphatic heterocycles. The fraction of sp³-hybridized carbons (Fsp3) is 0.143. The van der Waals surface area contributed by atoms with Crippen molar-refractivity contribution in [2.45, 2.75) is 11.8 Å². The molecule has 4 nitrogen and oxygen atoms in total. The lowest BCUT2D eigenvalue weighted by molar-refractivity contribution is 0.591. The minimum atomic E-state index is -3.60. The first-order valence-electron chi connectivity index (χ1n) is 6.09. The molecule has 0 amide bonds. The Labute approximate surface area is 127 Å². The van der Waals surface area contributed by atoms with Crippen molar-refractivity contribution in [1.82, 2.24) is 0 Å². The van der Waals surface area contributed by atoms with Crippen LogP contribution in [0.1, 0.15) is 6.92 Å². The molecule has 0 aromatic heterocycles. The molecule has 0 atom stereocenters. The zero-order valence-corrected chi connectivity index (χ0v) is 13.4. The quantitative estimate of drug-likeness (QED) is 0.857. The van der Waals surface area contributed by atoms with Gasteiger partial charge in [0, 0.05) is 16.7 Å². The van der Waals surface area contributed by atoms with Gasteiger partial charge in [0.15, 0.2) is 0 Å². The van der Waals surface area contributed by atoms with Crippen LogP contribution in [-0.2, 0) is 10.0 Å². The molecular weight excluding hydrogens is 340 g/mol. The molecule has 0 fully saturated rings. The predicted molar refractivity (Wildman–Crippen MR) is 85.2 cm³/mol. The highest BCUT2D eigenvalue weighted by atomic mass is 79.9. The molecule has 0 aliphatic rings.